The molecule has 10 heteroatoms. The minimum atomic E-state index is -0.0167. The van der Waals surface area contributed by atoms with Gasteiger partial charge in [0.15, 0.2) is 0 Å². The fourth-order valence-electron chi connectivity index (χ4n) is 4.55. The fourth-order valence-corrected chi connectivity index (χ4v) is 6.62. The third-order valence-corrected chi connectivity index (χ3v) is 8.83. The SMILES string of the molecule is CC1=C(C(=O)NCCCC2CCN(C(=O)c3ccc(Cl)s3)CC2)Sc2cccc3ncc1n23.Cl. The topological polar surface area (TPSA) is 66.7 Å². The van der Waals surface area contributed by atoms with Crippen LogP contribution in [0.4, 0.5) is 0 Å². The predicted octanol–water partition coefficient (Wildman–Crippen LogP) is 5.76. The molecule has 3 aromatic heterocycles. The Morgan fingerprint density at radius 3 is 2.74 bits per heavy atom. The lowest BCUT2D eigenvalue weighted by atomic mass is 9.92. The van der Waals surface area contributed by atoms with Crippen molar-refractivity contribution in [3.63, 3.8) is 0 Å². The number of thioether (sulfide) groups is 1. The van der Waals surface area contributed by atoms with Gasteiger partial charge >= 0.3 is 0 Å². The monoisotopic (exact) mass is 536 g/mol. The van der Waals surface area contributed by atoms with Crippen molar-refractivity contribution in [1.82, 2.24) is 19.6 Å². The average Bonchev–Trinajstić information content (AvgIpc) is 3.46. The molecular weight excluding hydrogens is 511 g/mol. The fraction of sp³-hybridized carbons (Fsp3) is 0.375. The van der Waals surface area contributed by atoms with Crippen molar-refractivity contribution in [1.29, 1.82) is 0 Å². The second-order valence-corrected chi connectivity index (χ2v) is 11.2. The highest BCUT2D eigenvalue weighted by Gasteiger charge is 2.26. The van der Waals surface area contributed by atoms with Crippen LogP contribution in [0, 0.1) is 5.92 Å². The highest BCUT2D eigenvalue weighted by molar-refractivity contribution is 8.04. The number of pyridine rings is 1. The van der Waals surface area contributed by atoms with E-state index in [-0.39, 0.29) is 24.2 Å². The van der Waals surface area contributed by atoms with Gasteiger partial charge in [0.25, 0.3) is 11.8 Å². The van der Waals surface area contributed by atoms with Gasteiger partial charge in [-0.1, -0.05) is 29.4 Å². The van der Waals surface area contributed by atoms with E-state index in [1.165, 1.54) is 23.1 Å². The molecule has 0 spiro atoms. The molecule has 2 aliphatic heterocycles. The number of hydrogen-bond donors (Lipinski definition) is 1. The van der Waals surface area contributed by atoms with Crippen molar-refractivity contribution in [3.05, 3.63) is 56.3 Å². The van der Waals surface area contributed by atoms with E-state index in [2.05, 4.69) is 14.7 Å². The number of allylic oxidation sites excluding steroid dienone is 1. The van der Waals surface area contributed by atoms with Gasteiger partial charge in [-0.25, -0.2) is 4.98 Å². The first kappa shape index (κ1) is 25.1. The lowest BCUT2D eigenvalue weighted by Gasteiger charge is -2.31. The van der Waals surface area contributed by atoms with E-state index >= 15 is 0 Å². The maximum absolute atomic E-state index is 12.9. The molecule has 6 nitrogen and oxygen atoms in total. The first-order valence-electron chi connectivity index (χ1n) is 11.2. The van der Waals surface area contributed by atoms with Gasteiger partial charge in [0.05, 0.1) is 31.0 Å². The maximum Gasteiger partial charge on any atom is 0.263 e. The molecule has 0 radical (unpaired) electrons. The summed E-state index contributed by atoms with van der Waals surface area (Å²) in [6.07, 6.45) is 5.85. The summed E-state index contributed by atoms with van der Waals surface area (Å²) in [6, 6.07) is 9.55. The molecule has 2 amide bonds. The summed E-state index contributed by atoms with van der Waals surface area (Å²) in [5, 5.41) is 4.12. The Kier molecular flexibility index (Phi) is 7.92. The van der Waals surface area contributed by atoms with Crippen LogP contribution < -0.4 is 5.32 Å². The van der Waals surface area contributed by atoms with Gasteiger partial charge in [-0.3, -0.25) is 14.0 Å². The van der Waals surface area contributed by atoms with E-state index in [9.17, 15) is 9.59 Å². The van der Waals surface area contributed by atoms with Crippen LogP contribution in [0.5, 0.6) is 0 Å². The van der Waals surface area contributed by atoms with E-state index in [4.69, 9.17) is 11.6 Å². The van der Waals surface area contributed by atoms with E-state index < -0.39 is 0 Å². The third kappa shape index (κ3) is 5.00. The Balaban J connectivity index is 0.00000274. The van der Waals surface area contributed by atoms with Gasteiger partial charge < -0.3 is 10.2 Å². The average molecular weight is 538 g/mol. The second kappa shape index (κ2) is 10.7. The number of nitrogens with one attached hydrogen (secondary N) is 1. The molecular formula is C24H26Cl2N4O2S2. The van der Waals surface area contributed by atoms with E-state index in [1.54, 1.807) is 12.1 Å². The van der Waals surface area contributed by atoms with Crippen molar-refractivity contribution in [2.24, 2.45) is 5.92 Å². The third-order valence-electron chi connectivity index (χ3n) is 6.39. The number of thiophene rings is 1. The Labute approximate surface area is 218 Å². The van der Waals surface area contributed by atoms with Crippen LogP contribution in [-0.2, 0) is 4.79 Å². The summed E-state index contributed by atoms with van der Waals surface area (Å²) < 4.78 is 2.75. The quantitative estimate of drug-likeness (QED) is 0.407. The number of halogens is 2. The summed E-state index contributed by atoms with van der Waals surface area (Å²) in [4.78, 5) is 33.3. The molecule has 0 aliphatic carbocycles. The largest absolute Gasteiger partial charge is 0.352 e. The molecule has 0 aromatic carbocycles. The van der Waals surface area contributed by atoms with Crippen molar-refractivity contribution >= 4 is 70.1 Å². The standard InChI is InChI=1S/C24H25ClN4O2S2.ClH/c1-15-17-14-27-20-5-2-6-21(29(17)20)33-22(15)23(30)26-11-3-4-16-9-12-28(13-10-16)24(31)18-7-8-19(25)32-18;/h2,5-8,14,16H,3-4,9-13H2,1H3,(H,26,30);1H. The Bertz CT molecular complexity index is 1240. The van der Waals surface area contributed by atoms with E-state index in [0.29, 0.717) is 21.7 Å². The molecule has 0 atom stereocenters. The number of rotatable bonds is 6. The van der Waals surface area contributed by atoms with Gasteiger partial charge in [0.2, 0.25) is 0 Å². The molecule has 5 heterocycles. The van der Waals surface area contributed by atoms with Gasteiger partial charge in [0, 0.05) is 19.6 Å². The van der Waals surface area contributed by atoms with Crippen molar-refractivity contribution in [3.8, 4) is 0 Å². The minimum absolute atomic E-state index is 0. The Hall–Kier alpha value is -2.00. The Morgan fingerprint density at radius 1 is 1.21 bits per heavy atom. The maximum atomic E-state index is 12.9. The molecule has 1 N–H and O–H groups in total. The lowest BCUT2D eigenvalue weighted by molar-refractivity contribution is -0.116. The zero-order chi connectivity index (χ0) is 22.9. The summed E-state index contributed by atoms with van der Waals surface area (Å²) >= 11 is 8.81. The Morgan fingerprint density at radius 2 is 2.00 bits per heavy atom. The zero-order valence-electron chi connectivity index (χ0n) is 18.8. The molecule has 5 rings (SSSR count). The van der Waals surface area contributed by atoms with Crippen LogP contribution >= 0.6 is 47.1 Å². The molecule has 1 fully saturated rings. The van der Waals surface area contributed by atoms with Crippen LogP contribution in [0.15, 0.2) is 46.5 Å². The normalized spacial score (nSPS) is 16.0. The molecule has 0 saturated carbocycles. The molecule has 1 saturated heterocycles. The predicted molar refractivity (Wildman–Crippen MR) is 141 cm³/mol. The summed E-state index contributed by atoms with van der Waals surface area (Å²) in [7, 11) is 0. The van der Waals surface area contributed by atoms with Crippen LogP contribution in [0.25, 0.3) is 11.2 Å². The van der Waals surface area contributed by atoms with Crippen LogP contribution in [-0.4, -0.2) is 45.7 Å². The van der Waals surface area contributed by atoms with Crippen LogP contribution in [0.3, 0.4) is 0 Å². The minimum Gasteiger partial charge on any atom is -0.352 e. The number of hydrogen-bond acceptors (Lipinski definition) is 5. The first-order valence-corrected chi connectivity index (χ1v) is 13.2. The lowest BCUT2D eigenvalue weighted by Crippen LogP contribution is -2.38. The van der Waals surface area contributed by atoms with Crippen LogP contribution in [0.2, 0.25) is 4.34 Å². The molecule has 0 unspecified atom stereocenters. The molecule has 0 bridgehead atoms. The summed E-state index contributed by atoms with van der Waals surface area (Å²) in [5.41, 5.74) is 2.85. The highest BCUT2D eigenvalue weighted by Crippen LogP contribution is 2.39. The van der Waals surface area contributed by atoms with Gasteiger partial charge in [-0.2, -0.15) is 0 Å². The van der Waals surface area contributed by atoms with Crippen LogP contribution in [0.1, 0.15) is 48.0 Å². The summed E-state index contributed by atoms with van der Waals surface area (Å²) in [6.45, 7) is 4.22. The number of imidazole rings is 1. The van der Waals surface area contributed by atoms with Crippen molar-refractivity contribution < 1.29 is 9.59 Å². The molecule has 2 aliphatic rings. The summed E-state index contributed by atoms with van der Waals surface area (Å²) in [5.74, 6) is 0.662. The number of carbonyl (C=O) groups is 2. The van der Waals surface area contributed by atoms with Crippen molar-refractivity contribution in [2.75, 3.05) is 19.6 Å². The number of nitrogens with zero attached hydrogens (tertiary/aromatic N) is 3. The number of piperidine rings is 1. The van der Waals surface area contributed by atoms with Gasteiger partial charge in [-0.15, -0.1) is 23.7 Å². The van der Waals surface area contributed by atoms with Gasteiger partial charge in [0.1, 0.15) is 5.65 Å². The second-order valence-electron chi connectivity index (χ2n) is 8.49. The molecule has 3 aromatic rings. The molecule has 180 valence electrons. The number of likely N-dealkylation sites (tertiary alicyclic amines) is 1. The highest BCUT2D eigenvalue weighted by atomic mass is 35.5. The number of amides is 2. The van der Waals surface area contributed by atoms with E-state index in [0.717, 1.165) is 65.6 Å². The number of aromatic nitrogens is 2. The van der Waals surface area contributed by atoms with Gasteiger partial charge in [-0.05, 0) is 68.4 Å². The molecule has 34 heavy (non-hydrogen) atoms. The zero-order valence-corrected chi connectivity index (χ0v) is 22.0. The first-order chi connectivity index (χ1) is 16.0. The number of carbonyl (C=O) groups excluding carboxylic acids is 2. The smallest absolute Gasteiger partial charge is 0.263 e. The van der Waals surface area contributed by atoms with E-state index in [1.807, 2.05) is 36.2 Å². The van der Waals surface area contributed by atoms with Crippen molar-refractivity contribution in [2.45, 2.75) is 37.6 Å².